The van der Waals surface area contributed by atoms with Crippen LogP contribution >= 0.6 is 0 Å². The Morgan fingerprint density at radius 1 is 1.39 bits per heavy atom. The van der Waals surface area contributed by atoms with Gasteiger partial charge in [0.25, 0.3) is 0 Å². The minimum atomic E-state index is 0.604. The molecule has 4 heteroatoms. The Hall–Kier alpha value is -1.58. The van der Waals surface area contributed by atoms with Crippen LogP contribution < -0.4 is 5.73 Å². The number of fused-ring (bicyclic) bond motifs is 1. The van der Waals surface area contributed by atoms with E-state index in [0.29, 0.717) is 11.9 Å². The summed E-state index contributed by atoms with van der Waals surface area (Å²) in [5, 5.41) is 1.04. The molecule has 0 radical (unpaired) electrons. The Kier molecular flexibility index (Phi) is 2.54. The molecule has 18 heavy (non-hydrogen) atoms. The molecule has 0 amide bonds. The molecule has 0 saturated heterocycles. The minimum absolute atomic E-state index is 0.604. The Balaban J connectivity index is 2.13. The maximum absolute atomic E-state index is 5.99. The molecule has 1 saturated carbocycles. The molecule has 96 valence electrons. The molecule has 2 N–H and O–H groups in total. The summed E-state index contributed by atoms with van der Waals surface area (Å²) in [5.41, 5.74) is 9.52. The number of nitrogens with two attached hydrogens (primary N) is 1. The van der Waals surface area contributed by atoms with Gasteiger partial charge in [-0.3, -0.25) is 0 Å². The van der Waals surface area contributed by atoms with Crippen LogP contribution in [0.5, 0.6) is 0 Å². The van der Waals surface area contributed by atoms with Crippen molar-refractivity contribution in [2.24, 2.45) is 5.92 Å². The van der Waals surface area contributed by atoms with Crippen LogP contribution in [0.4, 0.5) is 5.82 Å². The SMILES string of the molecule is CCCC1CC1n1c(C)c(C)c2c(N)ncnc21. The molecule has 0 aromatic carbocycles. The van der Waals surface area contributed by atoms with Crippen molar-refractivity contribution < 1.29 is 0 Å². The second kappa shape index (κ2) is 3.97. The first-order chi connectivity index (χ1) is 8.65. The van der Waals surface area contributed by atoms with Crippen molar-refractivity contribution in [3.8, 4) is 0 Å². The van der Waals surface area contributed by atoms with Crippen LogP contribution in [0.1, 0.15) is 43.5 Å². The maximum atomic E-state index is 5.99. The molecule has 3 rings (SSSR count). The molecule has 2 aromatic heterocycles. The molecule has 1 aliphatic rings. The lowest BCUT2D eigenvalue weighted by atomic mass is 10.2. The lowest BCUT2D eigenvalue weighted by molar-refractivity contribution is 0.608. The van der Waals surface area contributed by atoms with Crippen molar-refractivity contribution in [3.63, 3.8) is 0 Å². The van der Waals surface area contributed by atoms with Gasteiger partial charge in [-0.05, 0) is 38.2 Å². The van der Waals surface area contributed by atoms with Crippen molar-refractivity contribution in [1.29, 1.82) is 0 Å². The molecule has 0 bridgehead atoms. The molecule has 1 fully saturated rings. The summed E-state index contributed by atoms with van der Waals surface area (Å²) >= 11 is 0. The predicted molar refractivity (Wildman–Crippen MR) is 73.5 cm³/mol. The predicted octanol–water partition coefficient (Wildman–Crippen LogP) is 2.99. The molecule has 2 aromatic rings. The molecule has 0 aliphatic heterocycles. The van der Waals surface area contributed by atoms with Gasteiger partial charge in [0, 0.05) is 11.7 Å². The zero-order valence-corrected chi connectivity index (χ0v) is 11.3. The Bertz CT molecular complexity index is 599. The van der Waals surface area contributed by atoms with Crippen molar-refractivity contribution in [2.75, 3.05) is 5.73 Å². The summed E-state index contributed by atoms with van der Waals surface area (Å²) in [5.74, 6) is 1.42. The molecular weight excluding hydrogens is 224 g/mol. The van der Waals surface area contributed by atoms with E-state index in [9.17, 15) is 0 Å². The normalized spacial score (nSPS) is 22.6. The van der Waals surface area contributed by atoms with E-state index < -0.39 is 0 Å². The topological polar surface area (TPSA) is 56.7 Å². The van der Waals surface area contributed by atoms with Crippen LogP contribution in [0.3, 0.4) is 0 Å². The summed E-state index contributed by atoms with van der Waals surface area (Å²) < 4.78 is 2.38. The van der Waals surface area contributed by atoms with Gasteiger partial charge in [0.15, 0.2) is 0 Å². The van der Waals surface area contributed by atoms with Crippen molar-refractivity contribution >= 4 is 16.9 Å². The third kappa shape index (κ3) is 1.51. The molecule has 4 nitrogen and oxygen atoms in total. The highest BCUT2D eigenvalue weighted by Gasteiger charge is 2.39. The quantitative estimate of drug-likeness (QED) is 0.903. The van der Waals surface area contributed by atoms with E-state index in [4.69, 9.17) is 5.73 Å². The Morgan fingerprint density at radius 3 is 2.89 bits per heavy atom. The van der Waals surface area contributed by atoms with Gasteiger partial charge in [0.05, 0.1) is 5.39 Å². The van der Waals surface area contributed by atoms with E-state index in [1.54, 1.807) is 6.33 Å². The third-order valence-corrected chi connectivity index (χ3v) is 4.24. The number of rotatable bonds is 3. The molecule has 2 heterocycles. The van der Waals surface area contributed by atoms with Crippen LogP contribution in [0.15, 0.2) is 6.33 Å². The van der Waals surface area contributed by atoms with Crippen LogP contribution in [0.2, 0.25) is 0 Å². The summed E-state index contributed by atoms with van der Waals surface area (Å²) in [6, 6.07) is 0.621. The Morgan fingerprint density at radius 2 is 2.17 bits per heavy atom. The first-order valence-electron chi connectivity index (χ1n) is 6.72. The highest BCUT2D eigenvalue weighted by molar-refractivity contribution is 5.90. The molecule has 2 atom stereocenters. The monoisotopic (exact) mass is 244 g/mol. The van der Waals surface area contributed by atoms with E-state index >= 15 is 0 Å². The smallest absolute Gasteiger partial charge is 0.146 e. The number of aryl methyl sites for hydroxylation is 1. The van der Waals surface area contributed by atoms with Crippen LogP contribution in [-0.2, 0) is 0 Å². The van der Waals surface area contributed by atoms with Crippen molar-refractivity contribution in [1.82, 2.24) is 14.5 Å². The highest BCUT2D eigenvalue weighted by atomic mass is 15.1. The van der Waals surface area contributed by atoms with Crippen LogP contribution in [-0.4, -0.2) is 14.5 Å². The summed E-state index contributed by atoms with van der Waals surface area (Å²) in [4.78, 5) is 8.56. The van der Waals surface area contributed by atoms with Gasteiger partial charge in [0.1, 0.15) is 17.8 Å². The first-order valence-corrected chi connectivity index (χ1v) is 6.72. The second-order valence-electron chi connectivity index (χ2n) is 5.39. The molecule has 0 spiro atoms. The lowest BCUT2D eigenvalue weighted by Gasteiger charge is -2.07. The number of aromatic nitrogens is 3. The largest absolute Gasteiger partial charge is 0.383 e. The van der Waals surface area contributed by atoms with Gasteiger partial charge in [-0.1, -0.05) is 13.3 Å². The lowest BCUT2D eigenvalue weighted by Crippen LogP contribution is -2.01. The van der Waals surface area contributed by atoms with E-state index in [1.807, 2.05) is 0 Å². The number of nitrogen functional groups attached to an aromatic ring is 1. The van der Waals surface area contributed by atoms with E-state index in [-0.39, 0.29) is 0 Å². The zero-order chi connectivity index (χ0) is 12.9. The number of hydrogen-bond donors (Lipinski definition) is 1. The van der Waals surface area contributed by atoms with Crippen LogP contribution in [0, 0.1) is 19.8 Å². The molecule has 2 unspecified atom stereocenters. The van der Waals surface area contributed by atoms with Gasteiger partial charge in [-0.15, -0.1) is 0 Å². The van der Waals surface area contributed by atoms with E-state index in [1.165, 1.54) is 30.5 Å². The number of nitrogens with zero attached hydrogens (tertiary/aromatic N) is 3. The van der Waals surface area contributed by atoms with Gasteiger partial charge in [0.2, 0.25) is 0 Å². The minimum Gasteiger partial charge on any atom is -0.383 e. The molecule has 1 aliphatic carbocycles. The van der Waals surface area contributed by atoms with Gasteiger partial charge >= 0.3 is 0 Å². The average Bonchev–Trinajstić information content (AvgIpc) is 3.03. The summed E-state index contributed by atoms with van der Waals surface area (Å²) in [7, 11) is 0. The number of hydrogen-bond acceptors (Lipinski definition) is 3. The van der Waals surface area contributed by atoms with Gasteiger partial charge in [-0.2, -0.15) is 0 Å². The van der Waals surface area contributed by atoms with Crippen molar-refractivity contribution in [3.05, 3.63) is 17.6 Å². The second-order valence-corrected chi connectivity index (χ2v) is 5.39. The third-order valence-electron chi connectivity index (χ3n) is 4.24. The van der Waals surface area contributed by atoms with Crippen molar-refractivity contribution in [2.45, 2.75) is 46.1 Å². The van der Waals surface area contributed by atoms with E-state index in [2.05, 4.69) is 35.3 Å². The standard InChI is InChI=1S/C14H20N4/c1-4-5-10-6-11(10)18-9(3)8(2)12-13(15)16-7-17-14(12)18/h7,10-11H,4-6H2,1-3H3,(H2,15,16,17). The van der Waals surface area contributed by atoms with Gasteiger partial charge in [-0.25, -0.2) is 9.97 Å². The number of anilines is 1. The Labute approximate surface area is 107 Å². The van der Waals surface area contributed by atoms with Gasteiger partial charge < -0.3 is 10.3 Å². The fraction of sp³-hybridized carbons (Fsp3) is 0.571. The highest BCUT2D eigenvalue weighted by Crippen LogP contribution is 2.49. The summed E-state index contributed by atoms with van der Waals surface area (Å²) in [6.07, 6.45) is 5.42. The fourth-order valence-corrected chi connectivity index (χ4v) is 3.09. The molecular formula is C14H20N4. The average molecular weight is 244 g/mol. The van der Waals surface area contributed by atoms with E-state index in [0.717, 1.165) is 17.0 Å². The van der Waals surface area contributed by atoms with Crippen LogP contribution in [0.25, 0.3) is 11.0 Å². The zero-order valence-electron chi connectivity index (χ0n) is 11.3. The first kappa shape index (κ1) is 11.5. The maximum Gasteiger partial charge on any atom is 0.146 e. The fourth-order valence-electron chi connectivity index (χ4n) is 3.09. The summed E-state index contributed by atoms with van der Waals surface area (Å²) in [6.45, 7) is 6.53.